The SMILES string of the molecule is O=C1Cc2cc(CNc3ccnc(NCc4ccc5[nH]ccc5c4)n3)ccc2N1. The van der Waals surface area contributed by atoms with E-state index in [0.29, 0.717) is 25.5 Å². The van der Waals surface area contributed by atoms with E-state index in [2.05, 4.69) is 61.2 Å². The molecule has 5 rings (SSSR count). The Labute approximate surface area is 167 Å². The molecule has 2 aromatic carbocycles. The Morgan fingerprint density at radius 1 is 0.966 bits per heavy atom. The van der Waals surface area contributed by atoms with Crippen molar-refractivity contribution in [3.8, 4) is 0 Å². The summed E-state index contributed by atoms with van der Waals surface area (Å²) in [5.41, 5.74) is 5.35. The van der Waals surface area contributed by atoms with Gasteiger partial charge in [0.1, 0.15) is 5.82 Å². The lowest BCUT2D eigenvalue weighted by Crippen LogP contribution is -2.07. The van der Waals surface area contributed by atoms with Crippen LogP contribution in [0, 0.1) is 0 Å². The highest BCUT2D eigenvalue weighted by Gasteiger charge is 2.17. The summed E-state index contributed by atoms with van der Waals surface area (Å²) >= 11 is 0. The fourth-order valence-electron chi connectivity index (χ4n) is 3.52. The van der Waals surface area contributed by atoms with Crippen molar-refractivity contribution in [2.45, 2.75) is 19.5 Å². The first-order chi connectivity index (χ1) is 14.2. The molecule has 0 fully saturated rings. The summed E-state index contributed by atoms with van der Waals surface area (Å²) in [4.78, 5) is 23.5. The molecule has 0 radical (unpaired) electrons. The number of aromatic amines is 1. The predicted molar refractivity (Wildman–Crippen MR) is 114 cm³/mol. The van der Waals surface area contributed by atoms with Crippen LogP contribution in [0.1, 0.15) is 16.7 Å². The summed E-state index contributed by atoms with van der Waals surface area (Å²) in [5.74, 6) is 1.37. The topological polar surface area (TPSA) is 94.7 Å². The van der Waals surface area contributed by atoms with E-state index < -0.39 is 0 Å². The summed E-state index contributed by atoms with van der Waals surface area (Å²) in [6.07, 6.45) is 4.12. The molecule has 4 N–H and O–H groups in total. The molecule has 2 aromatic heterocycles. The maximum atomic E-state index is 11.5. The number of aromatic nitrogens is 3. The number of hydrogen-bond donors (Lipinski definition) is 4. The number of nitrogens with one attached hydrogen (secondary N) is 4. The van der Waals surface area contributed by atoms with E-state index in [-0.39, 0.29) is 5.91 Å². The zero-order chi connectivity index (χ0) is 19.6. The summed E-state index contributed by atoms with van der Waals surface area (Å²) in [5, 5.41) is 10.6. The van der Waals surface area contributed by atoms with Gasteiger partial charge in [-0.1, -0.05) is 18.2 Å². The fourth-order valence-corrected chi connectivity index (χ4v) is 3.52. The molecule has 144 valence electrons. The number of carbonyl (C=O) groups is 1. The molecule has 0 bridgehead atoms. The monoisotopic (exact) mass is 384 g/mol. The van der Waals surface area contributed by atoms with Crippen molar-refractivity contribution < 1.29 is 4.79 Å². The van der Waals surface area contributed by atoms with Gasteiger partial charge in [0.25, 0.3) is 0 Å². The van der Waals surface area contributed by atoms with Crippen molar-refractivity contribution in [3.63, 3.8) is 0 Å². The van der Waals surface area contributed by atoms with E-state index in [1.807, 2.05) is 24.4 Å². The van der Waals surface area contributed by atoms with Crippen LogP contribution in [-0.2, 0) is 24.3 Å². The molecule has 0 unspecified atom stereocenters. The lowest BCUT2D eigenvalue weighted by molar-refractivity contribution is -0.115. The maximum Gasteiger partial charge on any atom is 0.228 e. The van der Waals surface area contributed by atoms with Crippen LogP contribution in [0.4, 0.5) is 17.5 Å². The Balaban J connectivity index is 1.22. The van der Waals surface area contributed by atoms with Crippen molar-refractivity contribution in [1.29, 1.82) is 0 Å². The van der Waals surface area contributed by atoms with Crippen molar-refractivity contribution in [2.75, 3.05) is 16.0 Å². The maximum absolute atomic E-state index is 11.5. The molecule has 29 heavy (non-hydrogen) atoms. The molecule has 7 heteroatoms. The zero-order valence-corrected chi connectivity index (χ0v) is 15.7. The molecule has 1 amide bonds. The van der Waals surface area contributed by atoms with Gasteiger partial charge in [0, 0.05) is 36.7 Å². The molecule has 0 saturated carbocycles. The summed E-state index contributed by atoms with van der Waals surface area (Å²) in [6, 6.07) is 16.2. The second-order valence-electron chi connectivity index (χ2n) is 7.09. The van der Waals surface area contributed by atoms with Gasteiger partial charge in [0.2, 0.25) is 11.9 Å². The Hall–Kier alpha value is -3.87. The number of rotatable bonds is 6. The average Bonchev–Trinajstić information content (AvgIpc) is 3.35. The van der Waals surface area contributed by atoms with Gasteiger partial charge < -0.3 is 20.9 Å². The van der Waals surface area contributed by atoms with Gasteiger partial charge in [-0.25, -0.2) is 4.98 Å². The van der Waals surface area contributed by atoms with Gasteiger partial charge in [0.05, 0.1) is 6.42 Å². The van der Waals surface area contributed by atoms with Crippen LogP contribution in [0.25, 0.3) is 10.9 Å². The van der Waals surface area contributed by atoms with Gasteiger partial charge in [-0.3, -0.25) is 4.79 Å². The van der Waals surface area contributed by atoms with Crippen LogP contribution in [0.2, 0.25) is 0 Å². The first kappa shape index (κ1) is 17.2. The van der Waals surface area contributed by atoms with Gasteiger partial charge in [0.15, 0.2) is 0 Å². The Morgan fingerprint density at radius 2 is 1.83 bits per heavy atom. The number of nitrogens with zero attached hydrogens (tertiary/aromatic N) is 2. The number of carbonyl (C=O) groups excluding carboxylic acids is 1. The minimum absolute atomic E-state index is 0.0484. The highest BCUT2D eigenvalue weighted by Crippen LogP contribution is 2.24. The molecule has 0 spiro atoms. The van der Waals surface area contributed by atoms with Crippen LogP contribution < -0.4 is 16.0 Å². The first-order valence-corrected chi connectivity index (χ1v) is 9.51. The minimum atomic E-state index is 0.0484. The van der Waals surface area contributed by atoms with Crippen LogP contribution in [0.5, 0.6) is 0 Å². The van der Waals surface area contributed by atoms with Gasteiger partial charge in [-0.05, 0) is 52.4 Å². The van der Waals surface area contributed by atoms with Crippen LogP contribution in [-0.4, -0.2) is 20.9 Å². The van der Waals surface area contributed by atoms with Crippen LogP contribution in [0.15, 0.2) is 60.9 Å². The van der Waals surface area contributed by atoms with Gasteiger partial charge >= 0.3 is 0 Å². The lowest BCUT2D eigenvalue weighted by atomic mass is 10.1. The third kappa shape index (κ3) is 3.75. The largest absolute Gasteiger partial charge is 0.366 e. The van der Waals surface area contributed by atoms with Crippen molar-refractivity contribution >= 4 is 34.3 Å². The molecule has 4 aromatic rings. The predicted octanol–water partition coefficient (Wildman–Crippen LogP) is 3.68. The molecule has 7 nitrogen and oxygen atoms in total. The van der Waals surface area contributed by atoms with E-state index in [4.69, 9.17) is 0 Å². The average molecular weight is 384 g/mol. The van der Waals surface area contributed by atoms with E-state index in [1.165, 1.54) is 10.9 Å². The number of anilines is 3. The summed E-state index contributed by atoms with van der Waals surface area (Å²) in [7, 11) is 0. The van der Waals surface area contributed by atoms with E-state index in [0.717, 1.165) is 28.1 Å². The number of amides is 1. The van der Waals surface area contributed by atoms with Crippen LogP contribution >= 0.6 is 0 Å². The molecule has 0 atom stereocenters. The smallest absolute Gasteiger partial charge is 0.228 e. The Bertz CT molecular complexity index is 1200. The van der Waals surface area contributed by atoms with Crippen molar-refractivity contribution in [2.24, 2.45) is 0 Å². The Morgan fingerprint density at radius 3 is 2.79 bits per heavy atom. The third-order valence-electron chi connectivity index (χ3n) is 4.99. The fraction of sp³-hybridized carbons (Fsp3) is 0.136. The van der Waals surface area contributed by atoms with E-state index in [9.17, 15) is 4.79 Å². The van der Waals surface area contributed by atoms with Crippen molar-refractivity contribution in [3.05, 3.63) is 77.6 Å². The highest BCUT2D eigenvalue weighted by molar-refractivity contribution is 5.99. The van der Waals surface area contributed by atoms with E-state index in [1.54, 1.807) is 6.20 Å². The number of fused-ring (bicyclic) bond motifs is 2. The molecule has 3 heterocycles. The van der Waals surface area contributed by atoms with Crippen LogP contribution in [0.3, 0.4) is 0 Å². The first-order valence-electron chi connectivity index (χ1n) is 9.51. The van der Waals surface area contributed by atoms with Gasteiger partial charge in [-0.2, -0.15) is 4.98 Å². The normalized spacial score (nSPS) is 12.6. The number of hydrogen-bond acceptors (Lipinski definition) is 5. The minimum Gasteiger partial charge on any atom is -0.366 e. The van der Waals surface area contributed by atoms with E-state index >= 15 is 0 Å². The molecule has 0 saturated heterocycles. The van der Waals surface area contributed by atoms with Gasteiger partial charge in [-0.15, -0.1) is 0 Å². The standard InChI is InChI=1S/C22H20N6O/c29-21-11-17-10-15(2-4-19(17)27-21)12-25-20-6-8-24-22(28-20)26-13-14-1-3-18-16(9-14)5-7-23-18/h1-10,23H,11-13H2,(H,27,29)(H2,24,25,26,28). The highest BCUT2D eigenvalue weighted by atomic mass is 16.1. The third-order valence-corrected chi connectivity index (χ3v) is 4.99. The molecule has 1 aliphatic rings. The quantitative estimate of drug-likeness (QED) is 0.407. The molecular weight excluding hydrogens is 364 g/mol. The molecule has 0 aliphatic carbocycles. The summed E-state index contributed by atoms with van der Waals surface area (Å²) in [6.45, 7) is 1.28. The zero-order valence-electron chi connectivity index (χ0n) is 15.7. The second-order valence-corrected chi connectivity index (χ2v) is 7.09. The summed E-state index contributed by atoms with van der Waals surface area (Å²) < 4.78 is 0. The van der Waals surface area contributed by atoms with Crippen molar-refractivity contribution in [1.82, 2.24) is 15.0 Å². The molecule has 1 aliphatic heterocycles. The Kier molecular flexibility index (Phi) is 4.32. The number of benzene rings is 2. The number of H-pyrrole nitrogens is 1. The lowest BCUT2D eigenvalue weighted by Gasteiger charge is -2.09. The molecular formula is C22H20N6O. The second kappa shape index (κ2) is 7.27.